The average molecular weight is 326 g/mol. The molecule has 1 N–H and O–H groups in total. The van der Waals surface area contributed by atoms with Crippen LogP contribution in [0, 0.1) is 0 Å². The first kappa shape index (κ1) is 15.6. The highest BCUT2D eigenvalue weighted by Crippen LogP contribution is 2.45. The van der Waals surface area contributed by atoms with Gasteiger partial charge in [-0.2, -0.15) is 11.8 Å². The predicted octanol–water partition coefficient (Wildman–Crippen LogP) is 3.85. The van der Waals surface area contributed by atoms with Crippen LogP contribution in [-0.4, -0.2) is 34.6 Å². The number of rotatable bonds is 5. The normalized spacial score (nSPS) is 26.6. The summed E-state index contributed by atoms with van der Waals surface area (Å²) in [4.78, 5) is 9.06. The van der Waals surface area contributed by atoms with E-state index in [-0.39, 0.29) is 0 Å². The number of nitrogens with zero attached hydrogens (tertiary/aromatic N) is 2. The summed E-state index contributed by atoms with van der Waals surface area (Å²) in [6, 6.07) is 1.13. The molecule has 3 rings (SSSR count). The van der Waals surface area contributed by atoms with Gasteiger partial charge in [-0.1, -0.05) is 20.8 Å². The third kappa shape index (κ3) is 3.57. The molecule has 1 aromatic rings. The van der Waals surface area contributed by atoms with E-state index in [4.69, 9.17) is 4.98 Å². The van der Waals surface area contributed by atoms with Gasteiger partial charge in [0.2, 0.25) is 0 Å². The van der Waals surface area contributed by atoms with E-state index >= 15 is 0 Å². The van der Waals surface area contributed by atoms with Crippen LogP contribution >= 0.6 is 23.1 Å². The Balaban J connectivity index is 1.80. The molecule has 0 aromatic carbocycles. The van der Waals surface area contributed by atoms with Crippen molar-refractivity contribution < 1.29 is 0 Å². The molecule has 1 saturated heterocycles. The van der Waals surface area contributed by atoms with Crippen LogP contribution in [0.5, 0.6) is 0 Å². The summed E-state index contributed by atoms with van der Waals surface area (Å²) in [7, 11) is 0. The fourth-order valence-corrected chi connectivity index (χ4v) is 5.09. The molecule has 2 heterocycles. The van der Waals surface area contributed by atoms with E-state index < -0.39 is 0 Å². The first-order valence-corrected chi connectivity index (χ1v) is 10.0. The summed E-state index contributed by atoms with van der Waals surface area (Å²) in [5.41, 5.74) is 1.39. The molecule has 1 aliphatic heterocycles. The molecule has 1 aliphatic carbocycles. The van der Waals surface area contributed by atoms with Crippen LogP contribution in [0.1, 0.15) is 57.0 Å². The Labute approximate surface area is 136 Å². The van der Waals surface area contributed by atoms with Crippen molar-refractivity contribution in [3.63, 3.8) is 0 Å². The molecule has 2 fully saturated rings. The third-order valence-electron chi connectivity index (χ3n) is 4.48. The van der Waals surface area contributed by atoms with Gasteiger partial charge >= 0.3 is 0 Å². The van der Waals surface area contributed by atoms with Crippen molar-refractivity contribution >= 4 is 28.2 Å². The van der Waals surface area contributed by atoms with E-state index in [0.29, 0.717) is 17.3 Å². The van der Waals surface area contributed by atoms with Crippen molar-refractivity contribution in [1.82, 2.24) is 10.3 Å². The molecule has 118 valence electrons. The molecule has 0 amide bonds. The summed E-state index contributed by atoms with van der Waals surface area (Å²) in [5.74, 6) is 1.97. The van der Waals surface area contributed by atoms with Crippen LogP contribution < -0.4 is 10.2 Å². The molecule has 5 heteroatoms. The van der Waals surface area contributed by atoms with Crippen molar-refractivity contribution in [1.29, 1.82) is 0 Å². The lowest BCUT2D eigenvalue weighted by Crippen LogP contribution is -2.44. The van der Waals surface area contributed by atoms with Crippen molar-refractivity contribution in [3.05, 3.63) is 10.6 Å². The zero-order valence-corrected chi connectivity index (χ0v) is 15.2. The van der Waals surface area contributed by atoms with Gasteiger partial charge in [-0.3, -0.25) is 0 Å². The molecule has 2 aliphatic rings. The van der Waals surface area contributed by atoms with E-state index in [0.717, 1.165) is 19.0 Å². The molecule has 3 nitrogen and oxygen atoms in total. The molecule has 21 heavy (non-hydrogen) atoms. The minimum atomic E-state index is 0.535. The van der Waals surface area contributed by atoms with Crippen molar-refractivity contribution in [2.75, 3.05) is 17.2 Å². The number of aromatic nitrogens is 1. The van der Waals surface area contributed by atoms with E-state index in [2.05, 4.69) is 49.7 Å². The zero-order valence-electron chi connectivity index (χ0n) is 13.6. The Hall–Kier alpha value is -0.260. The van der Waals surface area contributed by atoms with Gasteiger partial charge in [0.05, 0.1) is 5.69 Å². The highest BCUT2D eigenvalue weighted by atomic mass is 32.2. The number of nitrogens with one attached hydrogen (secondary N) is 1. The molecule has 2 atom stereocenters. The molecule has 0 bridgehead atoms. The first-order valence-electron chi connectivity index (χ1n) is 8.17. The predicted molar refractivity (Wildman–Crippen MR) is 94.8 cm³/mol. The van der Waals surface area contributed by atoms with E-state index in [1.807, 2.05) is 11.3 Å². The summed E-state index contributed by atoms with van der Waals surface area (Å²) < 4.78 is 0. The van der Waals surface area contributed by atoms with Crippen LogP contribution in [-0.2, 0) is 6.54 Å². The SMILES string of the molecule is CC(C)NCc1sc(N2CCSC(C)C2C)nc1C1CC1. The molecule has 0 radical (unpaired) electrons. The van der Waals surface area contributed by atoms with E-state index in [9.17, 15) is 0 Å². The number of thiazole rings is 1. The summed E-state index contributed by atoms with van der Waals surface area (Å²) in [6.07, 6.45) is 2.67. The van der Waals surface area contributed by atoms with Gasteiger partial charge in [0.15, 0.2) is 5.13 Å². The monoisotopic (exact) mass is 325 g/mol. The van der Waals surface area contributed by atoms with Gasteiger partial charge in [-0.15, -0.1) is 11.3 Å². The second-order valence-corrected chi connectivity index (χ2v) is 9.17. The average Bonchev–Trinajstić information content (AvgIpc) is 3.20. The van der Waals surface area contributed by atoms with Gasteiger partial charge in [0.1, 0.15) is 0 Å². The fraction of sp³-hybridized carbons (Fsp3) is 0.812. The zero-order chi connectivity index (χ0) is 15.0. The lowest BCUT2D eigenvalue weighted by molar-refractivity contribution is 0.590. The molecule has 1 saturated carbocycles. The van der Waals surface area contributed by atoms with Gasteiger partial charge in [0.25, 0.3) is 0 Å². The second-order valence-electron chi connectivity index (χ2n) is 6.62. The van der Waals surface area contributed by atoms with Crippen LogP contribution in [0.4, 0.5) is 5.13 Å². The van der Waals surface area contributed by atoms with Crippen molar-refractivity contribution in [3.8, 4) is 0 Å². The largest absolute Gasteiger partial charge is 0.343 e. The minimum absolute atomic E-state index is 0.535. The summed E-state index contributed by atoms with van der Waals surface area (Å²) >= 11 is 4.02. The quantitative estimate of drug-likeness (QED) is 0.890. The maximum Gasteiger partial charge on any atom is 0.186 e. The van der Waals surface area contributed by atoms with Crippen LogP contribution in [0.2, 0.25) is 0 Å². The lowest BCUT2D eigenvalue weighted by atomic mass is 10.2. The third-order valence-corrected chi connectivity index (χ3v) is 6.93. The maximum atomic E-state index is 5.05. The minimum Gasteiger partial charge on any atom is -0.343 e. The Morgan fingerprint density at radius 1 is 1.33 bits per heavy atom. The molecule has 0 spiro atoms. The molecular formula is C16H27N3S2. The van der Waals surface area contributed by atoms with Gasteiger partial charge in [-0.25, -0.2) is 4.98 Å². The van der Waals surface area contributed by atoms with Crippen molar-refractivity contribution in [2.24, 2.45) is 0 Å². The number of anilines is 1. The highest BCUT2D eigenvalue weighted by Gasteiger charge is 2.33. The Morgan fingerprint density at radius 2 is 2.10 bits per heavy atom. The maximum absolute atomic E-state index is 5.05. The topological polar surface area (TPSA) is 28.2 Å². The Morgan fingerprint density at radius 3 is 2.76 bits per heavy atom. The van der Waals surface area contributed by atoms with E-state index in [1.54, 1.807) is 0 Å². The van der Waals surface area contributed by atoms with Crippen LogP contribution in [0.25, 0.3) is 0 Å². The molecular weight excluding hydrogens is 298 g/mol. The van der Waals surface area contributed by atoms with Crippen LogP contribution in [0.3, 0.4) is 0 Å². The van der Waals surface area contributed by atoms with Gasteiger partial charge in [-0.05, 0) is 19.8 Å². The molecule has 1 aromatic heterocycles. The fourth-order valence-electron chi connectivity index (χ4n) is 2.78. The lowest BCUT2D eigenvalue weighted by Gasteiger charge is -2.37. The second kappa shape index (κ2) is 6.47. The van der Waals surface area contributed by atoms with Crippen molar-refractivity contribution in [2.45, 2.75) is 70.3 Å². The number of hydrogen-bond donors (Lipinski definition) is 1. The van der Waals surface area contributed by atoms with Gasteiger partial charge in [0, 0.05) is 47.0 Å². The smallest absolute Gasteiger partial charge is 0.186 e. The number of hydrogen-bond acceptors (Lipinski definition) is 5. The molecule has 2 unspecified atom stereocenters. The Bertz CT molecular complexity index is 482. The summed E-state index contributed by atoms with van der Waals surface area (Å²) in [5, 5.41) is 5.53. The number of thioether (sulfide) groups is 1. The Kier molecular flexibility index (Phi) is 4.81. The van der Waals surface area contributed by atoms with Gasteiger partial charge < -0.3 is 10.2 Å². The summed E-state index contributed by atoms with van der Waals surface area (Å²) in [6.45, 7) is 11.2. The highest BCUT2D eigenvalue weighted by molar-refractivity contribution is 8.00. The van der Waals surface area contributed by atoms with Crippen LogP contribution in [0.15, 0.2) is 0 Å². The first-order chi connectivity index (χ1) is 10.1. The standard InChI is InChI=1S/C16H27N3S2/c1-10(2)17-9-14-15(13-5-6-13)18-16(21-14)19-7-8-20-12(4)11(19)3/h10-13,17H,5-9H2,1-4H3. The van der Waals surface area contributed by atoms with E-state index in [1.165, 1.54) is 34.3 Å².